The molecule has 0 N–H and O–H groups in total. The van der Waals surface area contributed by atoms with Crippen LogP contribution in [0.1, 0.15) is 47.4 Å². The largest absolute Gasteiger partial charge is 0.380 e. The van der Waals surface area contributed by atoms with Crippen LogP contribution in [0.5, 0.6) is 0 Å². The molecule has 1 amide bonds. The zero-order valence-corrected chi connectivity index (χ0v) is 14.5. The number of carbonyl (C=O) groups is 1. The molecule has 2 aromatic rings. The molecular weight excluding hydrogens is 318 g/mol. The van der Waals surface area contributed by atoms with Crippen LogP contribution in [0, 0.1) is 5.92 Å². The lowest BCUT2D eigenvalue weighted by molar-refractivity contribution is 0.0621. The van der Waals surface area contributed by atoms with Gasteiger partial charge in [-0.05, 0) is 31.7 Å². The Morgan fingerprint density at radius 1 is 1.36 bits per heavy atom. The number of rotatable bonds is 6. The molecule has 1 atom stereocenters. The van der Waals surface area contributed by atoms with Crippen LogP contribution >= 0.6 is 0 Å². The number of amides is 1. The van der Waals surface area contributed by atoms with Gasteiger partial charge >= 0.3 is 0 Å². The smallest absolute Gasteiger partial charge is 0.272 e. The molecule has 0 spiro atoms. The Hall–Kier alpha value is -2.28. The lowest BCUT2D eigenvalue weighted by atomic mass is 9.95. The highest BCUT2D eigenvalue weighted by Crippen LogP contribution is 2.31. The van der Waals surface area contributed by atoms with Crippen molar-refractivity contribution in [1.29, 1.82) is 0 Å². The SMILES string of the molecule is CCn1cc2c(n1)CN(C(=O)c1ccncn1)CC2COCC1CC1. The van der Waals surface area contributed by atoms with E-state index in [0.29, 0.717) is 25.4 Å². The molecule has 1 aliphatic heterocycles. The summed E-state index contributed by atoms with van der Waals surface area (Å²) < 4.78 is 7.87. The molecule has 1 aliphatic carbocycles. The van der Waals surface area contributed by atoms with Gasteiger partial charge in [-0.1, -0.05) is 0 Å². The summed E-state index contributed by atoms with van der Waals surface area (Å²) in [6, 6.07) is 1.65. The predicted molar refractivity (Wildman–Crippen MR) is 91.0 cm³/mol. The van der Waals surface area contributed by atoms with Crippen LogP contribution in [0.15, 0.2) is 24.8 Å². The van der Waals surface area contributed by atoms with Crippen LogP contribution in [-0.4, -0.2) is 50.3 Å². The third-order valence-electron chi connectivity index (χ3n) is 4.87. The van der Waals surface area contributed by atoms with Gasteiger partial charge < -0.3 is 9.64 Å². The van der Waals surface area contributed by atoms with Crippen molar-refractivity contribution < 1.29 is 9.53 Å². The van der Waals surface area contributed by atoms with Crippen LogP contribution in [0.25, 0.3) is 0 Å². The minimum absolute atomic E-state index is 0.0775. The minimum Gasteiger partial charge on any atom is -0.380 e. The molecule has 0 saturated heterocycles. The molecule has 0 radical (unpaired) electrons. The number of aryl methyl sites for hydroxylation is 1. The third-order valence-corrected chi connectivity index (χ3v) is 4.87. The molecule has 2 aromatic heterocycles. The van der Waals surface area contributed by atoms with Gasteiger partial charge in [0.1, 0.15) is 12.0 Å². The molecule has 7 heteroatoms. The fourth-order valence-corrected chi connectivity index (χ4v) is 3.25. The first-order valence-electron chi connectivity index (χ1n) is 8.94. The zero-order chi connectivity index (χ0) is 17.2. The molecule has 25 heavy (non-hydrogen) atoms. The van der Waals surface area contributed by atoms with E-state index in [1.165, 1.54) is 24.7 Å². The summed E-state index contributed by atoms with van der Waals surface area (Å²) in [5.74, 6) is 0.819. The highest BCUT2D eigenvalue weighted by atomic mass is 16.5. The van der Waals surface area contributed by atoms with Crippen molar-refractivity contribution in [1.82, 2.24) is 24.6 Å². The molecule has 3 heterocycles. The van der Waals surface area contributed by atoms with E-state index >= 15 is 0 Å². The van der Waals surface area contributed by atoms with E-state index in [0.717, 1.165) is 24.8 Å². The first kappa shape index (κ1) is 16.2. The average molecular weight is 341 g/mol. The first-order chi connectivity index (χ1) is 12.2. The molecule has 1 fully saturated rings. The number of hydrogen-bond donors (Lipinski definition) is 0. The number of ether oxygens (including phenoxy) is 1. The van der Waals surface area contributed by atoms with E-state index in [1.54, 1.807) is 12.3 Å². The Balaban J connectivity index is 1.52. The second-order valence-corrected chi connectivity index (χ2v) is 6.84. The van der Waals surface area contributed by atoms with E-state index < -0.39 is 0 Å². The van der Waals surface area contributed by atoms with Crippen molar-refractivity contribution in [2.75, 3.05) is 19.8 Å². The number of fused-ring (bicyclic) bond motifs is 1. The fraction of sp³-hybridized carbons (Fsp3) is 0.556. The molecule has 7 nitrogen and oxygen atoms in total. The summed E-state index contributed by atoms with van der Waals surface area (Å²) in [4.78, 5) is 22.6. The maximum atomic E-state index is 12.8. The summed E-state index contributed by atoms with van der Waals surface area (Å²) in [6.45, 7) is 5.50. The van der Waals surface area contributed by atoms with Gasteiger partial charge in [0, 0.05) is 43.6 Å². The Bertz CT molecular complexity index is 741. The van der Waals surface area contributed by atoms with Crippen molar-refractivity contribution in [3.63, 3.8) is 0 Å². The summed E-state index contributed by atoms with van der Waals surface area (Å²) >= 11 is 0. The Kier molecular flexibility index (Phi) is 4.48. The summed E-state index contributed by atoms with van der Waals surface area (Å²) in [5, 5.41) is 4.64. The van der Waals surface area contributed by atoms with Gasteiger partial charge in [-0.2, -0.15) is 5.10 Å². The molecule has 2 aliphatic rings. The van der Waals surface area contributed by atoms with Gasteiger partial charge in [-0.3, -0.25) is 9.48 Å². The van der Waals surface area contributed by atoms with Crippen molar-refractivity contribution in [2.24, 2.45) is 5.92 Å². The van der Waals surface area contributed by atoms with Gasteiger partial charge in [0.2, 0.25) is 0 Å². The molecule has 1 unspecified atom stereocenters. The van der Waals surface area contributed by atoms with Crippen LogP contribution in [-0.2, 0) is 17.8 Å². The number of aromatic nitrogens is 4. The van der Waals surface area contributed by atoms with Crippen LogP contribution in [0.2, 0.25) is 0 Å². The van der Waals surface area contributed by atoms with Crippen molar-refractivity contribution in [3.05, 3.63) is 41.7 Å². The van der Waals surface area contributed by atoms with Gasteiger partial charge in [0.05, 0.1) is 18.8 Å². The third kappa shape index (κ3) is 3.56. The van der Waals surface area contributed by atoms with Gasteiger partial charge in [0.15, 0.2) is 0 Å². The summed E-state index contributed by atoms with van der Waals surface area (Å²) in [6.07, 6.45) is 7.67. The maximum absolute atomic E-state index is 12.8. The van der Waals surface area contributed by atoms with Crippen LogP contribution < -0.4 is 0 Å². The Labute approximate surface area is 147 Å². The molecule has 0 aromatic carbocycles. The number of carbonyl (C=O) groups excluding carboxylic acids is 1. The summed E-state index contributed by atoms with van der Waals surface area (Å²) in [5.41, 5.74) is 2.60. The first-order valence-corrected chi connectivity index (χ1v) is 8.94. The van der Waals surface area contributed by atoms with E-state index in [2.05, 4.69) is 28.2 Å². The van der Waals surface area contributed by atoms with Gasteiger partial charge in [-0.25, -0.2) is 9.97 Å². The molecule has 132 valence electrons. The normalized spacial score (nSPS) is 19.7. The van der Waals surface area contributed by atoms with Crippen molar-refractivity contribution in [3.8, 4) is 0 Å². The second-order valence-electron chi connectivity index (χ2n) is 6.84. The van der Waals surface area contributed by atoms with Crippen molar-refractivity contribution >= 4 is 5.91 Å². The average Bonchev–Trinajstić information content (AvgIpc) is 3.37. The maximum Gasteiger partial charge on any atom is 0.272 e. The number of hydrogen-bond acceptors (Lipinski definition) is 5. The lowest BCUT2D eigenvalue weighted by Crippen LogP contribution is -2.39. The predicted octanol–water partition coefficient (Wildman–Crippen LogP) is 1.86. The van der Waals surface area contributed by atoms with Crippen LogP contribution in [0.4, 0.5) is 0 Å². The zero-order valence-electron chi connectivity index (χ0n) is 14.5. The molecule has 0 bridgehead atoms. The van der Waals surface area contributed by atoms with E-state index in [4.69, 9.17) is 4.74 Å². The minimum atomic E-state index is -0.0775. The molecule has 1 saturated carbocycles. The second kappa shape index (κ2) is 6.92. The topological polar surface area (TPSA) is 73.1 Å². The number of nitrogens with zero attached hydrogens (tertiary/aromatic N) is 5. The highest BCUT2D eigenvalue weighted by Gasteiger charge is 2.32. The Morgan fingerprint density at radius 3 is 2.96 bits per heavy atom. The lowest BCUT2D eigenvalue weighted by Gasteiger charge is -2.31. The fourth-order valence-electron chi connectivity index (χ4n) is 3.25. The Morgan fingerprint density at radius 2 is 2.24 bits per heavy atom. The van der Waals surface area contributed by atoms with E-state index in [9.17, 15) is 4.79 Å². The van der Waals surface area contributed by atoms with Gasteiger partial charge in [-0.15, -0.1) is 0 Å². The molecular formula is C18H23N5O2. The monoisotopic (exact) mass is 341 g/mol. The van der Waals surface area contributed by atoms with E-state index in [1.807, 2.05) is 9.58 Å². The standard InChI is InChI=1S/C18H23N5O2/c1-2-23-8-15-14(11-25-10-13-3-4-13)7-22(9-17(15)21-23)18(24)16-5-6-19-12-20-16/h5-6,8,12-14H,2-4,7,9-11H2,1H3. The van der Waals surface area contributed by atoms with E-state index in [-0.39, 0.29) is 11.8 Å². The van der Waals surface area contributed by atoms with Gasteiger partial charge in [0.25, 0.3) is 5.91 Å². The molecule has 4 rings (SSSR count). The van der Waals surface area contributed by atoms with Crippen LogP contribution in [0.3, 0.4) is 0 Å². The quantitative estimate of drug-likeness (QED) is 0.802. The summed E-state index contributed by atoms with van der Waals surface area (Å²) in [7, 11) is 0. The van der Waals surface area contributed by atoms with Crippen molar-refractivity contribution in [2.45, 2.75) is 38.8 Å². The highest BCUT2D eigenvalue weighted by molar-refractivity contribution is 5.92.